The number of carbonyl (C=O) groups excluding carboxylic acids is 1. The van der Waals surface area contributed by atoms with Crippen molar-refractivity contribution in [1.29, 1.82) is 0 Å². The number of aryl methyl sites for hydroxylation is 1. The van der Waals surface area contributed by atoms with Crippen LogP contribution >= 0.6 is 0 Å². The molecular weight excluding hydrogens is 352 g/mol. The summed E-state index contributed by atoms with van der Waals surface area (Å²) >= 11 is 0. The van der Waals surface area contributed by atoms with Crippen molar-refractivity contribution in [2.75, 3.05) is 26.2 Å². The van der Waals surface area contributed by atoms with Crippen LogP contribution in [0.3, 0.4) is 0 Å². The van der Waals surface area contributed by atoms with Crippen LogP contribution in [0, 0.1) is 6.92 Å². The standard InChI is InChI=1S/C23H34N2O3/c1-15(2)20-11-21-19(14-27-22(21)9-16(20)3)10-23(26)24-7-6-8-25-12-17(4)28-18(5)13-25/h9,11,14-15,17-18H,6-8,10,12-13H2,1-5H3,(H,24,26). The van der Waals surface area contributed by atoms with Gasteiger partial charge in [-0.2, -0.15) is 0 Å². The van der Waals surface area contributed by atoms with E-state index in [-0.39, 0.29) is 18.1 Å². The molecular formula is C23H34N2O3. The van der Waals surface area contributed by atoms with Crippen molar-refractivity contribution in [2.24, 2.45) is 0 Å². The molecule has 5 heteroatoms. The Labute approximate surface area is 168 Å². The fourth-order valence-corrected chi connectivity index (χ4v) is 4.24. The van der Waals surface area contributed by atoms with Crippen molar-refractivity contribution in [2.45, 2.75) is 65.6 Å². The molecule has 2 atom stereocenters. The van der Waals surface area contributed by atoms with E-state index in [4.69, 9.17) is 9.15 Å². The predicted octanol–water partition coefficient (Wildman–Crippen LogP) is 4.02. The zero-order valence-corrected chi connectivity index (χ0v) is 17.9. The van der Waals surface area contributed by atoms with Gasteiger partial charge in [-0.15, -0.1) is 0 Å². The zero-order valence-electron chi connectivity index (χ0n) is 17.9. The molecule has 5 nitrogen and oxygen atoms in total. The Bertz CT molecular complexity index is 802. The minimum Gasteiger partial charge on any atom is -0.464 e. The average Bonchev–Trinajstić information content (AvgIpc) is 2.98. The smallest absolute Gasteiger partial charge is 0.224 e. The maximum Gasteiger partial charge on any atom is 0.224 e. The first-order chi connectivity index (χ1) is 13.3. The lowest BCUT2D eigenvalue weighted by Crippen LogP contribution is -2.46. The summed E-state index contributed by atoms with van der Waals surface area (Å²) < 4.78 is 11.5. The second-order valence-corrected chi connectivity index (χ2v) is 8.52. The van der Waals surface area contributed by atoms with Crippen molar-refractivity contribution >= 4 is 16.9 Å². The number of amides is 1. The van der Waals surface area contributed by atoms with Gasteiger partial charge in [-0.25, -0.2) is 0 Å². The second kappa shape index (κ2) is 9.10. The summed E-state index contributed by atoms with van der Waals surface area (Å²) in [7, 11) is 0. The van der Waals surface area contributed by atoms with Gasteiger partial charge >= 0.3 is 0 Å². The minimum atomic E-state index is 0.0538. The van der Waals surface area contributed by atoms with Crippen LogP contribution in [-0.2, 0) is 16.0 Å². The Kier molecular flexibility index (Phi) is 6.78. The lowest BCUT2D eigenvalue weighted by Gasteiger charge is -2.35. The summed E-state index contributed by atoms with van der Waals surface area (Å²) in [5.74, 6) is 0.504. The van der Waals surface area contributed by atoms with Crippen LogP contribution in [0.5, 0.6) is 0 Å². The van der Waals surface area contributed by atoms with Crippen LogP contribution in [-0.4, -0.2) is 49.2 Å². The molecule has 2 unspecified atom stereocenters. The number of nitrogens with one attached hydrogen (secondary N) is 1. The molecule has 1 aliphatic heterocycles. The van der Waals surface area contributed by atoms with Gasteiger partial charge in [-0.1, -0.05) is 13.8 Å². The van der Waals surface area contributed by atoms with Gasteiger partial charge in [-0.05, 0) is 56.4 Å². The normalized spacial score (nSPS) is 20.8. The largest absolute Gasteiger partial charge is 0.464 e. The molecule has 2 heterocycles. The van der Waals surface area contributed by atoms with Crippen LogP contribution < -0.4 is 5.32 Å². The molecule has 3 rings (SSSR count). The highest BCUT2D eigenvalue weighted by atomic mass is 16.5. The van der Waals surface area contributed by atoms with Gasteiger partial charge in [0, 0.05) is 37.1 Å². The van der Waals surface area contributed by atoms with Gasteiger partial charge in [0.15, 0.2) is 0 Å². The SMILES string of the molecule is Cc1cc2occ(CC(=O)NCCCN3CC(C)OC(C)C3)c2cc1C(C)C. The van der Waals surface area contributed by atoms with E-state index in [9.17, 15) is 4.79 Å². The first kappa shape index (κ1) is 20.9. The molecule has 1 saturated heterocycles. The van der Waals surface area contributed by atoms with Gasteiger partial charge < -0.3 is 14.5 Å². The molecule has 0 aliphatic carbocycles. The number of morpholine rings is 1. The van der Waals surface area contributed by atoms with Crippen molar-refractivity contribution in [1.82, 2.24) is 10.2 Å². The monoisotopic (exact) mass is 386 g/mol. The highest BCUT2D eigenvalue weighted by Crippen LogP contribution is 2.29. The van der Waals surface area contributed by atoms with E-state index in [1.165, 1.54) is 11.1 Å². The third kappa shape index (κ3) is 5.15. The number of hydrogen-bond acceptors (Lipinski definition) is 4. The van der Waals surface area contributed by atoms with Crippen LogP contribution in [0.15, 0.2) is 22.8 Å². The maximum absolute atomic E-state index is 12.4. The van der Waals surface area contributed by atoms with E-state index in [1.54, 1.807) is 6.26 Å². The summed E-state index contributed by atoms with van der Waals surface area (Å²) in [4.78, 5) is 14.8. The fourth-order valence-electron chi connectivity index (χ4n) is 4.24. The van der Waals surface area contributed by atoms with Crippen LogP contribution in [0.25, 0.3) is 11.0 Å². The minimum absolute atomic E-state index is 0.0538. The van der Waals surface area contributed by atoms with Gasteiger partial charge in [0.1, 0.15) is 5.58 Å². The number of nitrogens with zero attached hydrogens (tertiary/aromatic N) is 1. The molecule has 1 aliphatic rings. The Balaban J connectivity index is 1.50. The zero-order chi connectivity index (χ0) is 20.3. The van der Waals surface area contributed by atoms with Crippen molar-refractivity contribution in [3.63, 3.8) is 0 Å². The molecule has 1 amide bonds. The van der Waals surface area contributed by atoms with Gasteiger partial charge in [0.2, 0.25) is 5.91 Å². The van der Waals surface area contributed by atoms with Gasteiger partial charge in [0.05, 0.1) is 24.9 Å². The van der Waals surface area contributed by atoms with Crippen LogP contribution in [0.4, 0.5) is 0 Å². The van der Waals surface area contributed by atoms with Crippen molar-refractivity contribution in [3.8, 4) is 0 Å². The third-order valence-corrected chi connectivity index (χ3v) is 5.48. The van der Waals surface area contributed by atoms with Gasteiger partial charge in [-0.3, -0.25) is 9.69 Å². The molecule has 0 spiro atoms. The highest BCUT2D eigenvalue weighted by molar-refractivity contribution is 5.88. The predicted molar refractivity (Wildman–Crippen MR) is 113 cm³/mol. The molecule has 28 heavy (non-hydrogen) atoms. The maximum atomic E-state index is 12.4. The van der Waals surface area contributed by atoms with Crippen molar-refractivity contribution < 1.29 is 13.9 Å². The van der Waals surface area contributed by atoms with E-state index in [0.29, 0.717) is 18.9 Å². The van der Waals surface area contributed by atoms with Gasteiger partial charge in [0.25, 0.3) is 0 Å². The average molecular weight is 387 g/mol. The Morgan fingerprint density at radius 2 is 1.96 bits per heavy atom. The molecule has 0 radical (unpaired) electrons. The number of furan rings is 1. The van der Waals surface area contributed by atoms with Crippen LogP contribution in [0.2, 0.25) is 0 Å². The number of ether oxygens (including phenoxy) is 1. The van der Waals surface area contributed by atoms with Crippen LogP contribution in [0.1, 0.15) is 56.7 Å². The summed E-state index contributed by atoms with van der Waals surface area (Å²) in [5.41, 5.74) is 4.37. The lowest BCUT2D eigenvalue weighted by molar-refractivity contribution is -0.120. The first-order valence-corrected chi connectivity index (χ1v) is 10.5. The lowest BCUT2D eigenvalue weighted by atomic mass is 9.95. The fraction of sp³-hybridized carbons (Fsp3) is 0.609. The van der Waals surface area contributed by atoms with E-state index in [1.807, 2.05) is 0 Å². The molecule has 1 aromatic heterocycles. The van der Waals surface area contributed by atoms with E-state index in [0.717, 1.165) is 42.6 Å². The summed E-state index contributed by atoms with van der Waals surface area (Å²) in [6, 6.07) is 4.26. The summed E-state index contributed by atoms with van der Waals surface area (Å²) in [6.45, 7) is 14.4. The molecule has 0 bridgehead atoms. The highest BCUT2D eigenvalue weighted by Gasteiger charge is 2.21. The molecule has 154 valence electrons. The molecule has 2 aromatic rings. The Morgan fingerprint density at radius 1 is 1.25 bits per heavy atom. The first-order valence-electron chi connectivity index (χ1n) is 10.5. The Hall–Kier alpha value is -1.85. The quantitative estimate of drug-likeness (QED) is 0.730. The third-order valence-electron chi connectivity index (χ3n) is 5.48. The molecule has 1 fully saturated rings. The number of rotatable bonds is 7. The number of fused-ring (bicyclic) bond motifs is 1. The summed E-state index contributed by atoms with van der Waals surface area (Å²) in [5, 5.41) is 4.11. The molecule has 1 aromatic carbocycles. The number of benzene rings is 1. The molecule has 1 N–H and O–H groups in total. The summed E-state index contributed by atoms with van der Waals surface area (Å²) in [6.07, 6.45) is 3.61. The molecule has 0 saturated carbocycles. The topological polar surface area (TPSA) is 54.7 Å². The van der Waals surface area contributed by atoms with Crippen molar-refractivity contribution in [3.05, 3.63) is 35.1 Å². The van der Waals surface area contributed by atoms with E-state index in [2.05, 4.69) is 57.0 Å². The Morgan fingerprint density at radius 3 is 2.64 bits per heavy atom. The number of carbonyl (C=O) groups is 1. The van der Waals surface area contributed by atoms with E-state index < -0.39 is 0 Å². The number of hydrogen-bond donors (Lipinski definition) is 1. The van der Waals surface area contributed by atoms with E-state index >= 15 is 0 Å². The second-order valence-electron chi connectivity index (χ2n) is 8.52.